The van der Waals surface area contributed by atoms with Gasteiger partial charge in [-0.05, 0) is 67.7 Å². The number of carbonyl (C=O) groups is 3. The molecule has 0 saturated carbocycles. The van der Waals surface area contributed by atoms with Crippen molar-refractivity contribution < 1.29 is 23.5 Å². The molecular formula is C23H27N5O5S. The molecule has 3 rings (SSSR count). The van der Waals surface area contributed by atoms with Crippen molar-refractivity contribution >= 4 is 40.6 Å². The van der Waals surface area contributed by atoms with E-state index >= 15 is 0 Å². The zero-order valence-electron chi connectivity index (χ0n) is 19.4. The van der Waals surface area contributed by atoms with E-state index in [1.807, 2.05) is 19.9 Å². The van der Waals surface area contributed by atoms with Gasteiger partial charge in [0, 0.05) is 19.3 Å². The van der Waals surface area contributed by atoms with Gasteiger partial charge in [0.2, 0.25) is 0 Å². The lowest BCUT2D eigenvalue weighted by atomic mass is 10.1. The van der Waals surface area contributed by atoms with E-state index in [0.29, 0.717) is 11.4 Å². The van der Waals surface area contributed by atoms with Gasteiger partial charge in [-0.3, -0.25) is 19.3 Å². The van der Waals surface area contributed by atoms with Gasteiger partial charge in [0.15, 0.2) is 11.7 Å². The number of primary amides is 1. The molecule has 3 amide bonds. The molecule has 180 valence electrons. The Morgan fingerprint density at radius 2 is 1.85 bits per heavy atom. The Morgan fingerprint density at radius 3 is 2.38 bits per heavy atom. The first-order valence-corrected chi connectivity index (χ1v) is 11.2. The van der Waals surface area contributed by atoms with Crippen LogP contribution in [0.1, 0.15) is 48.8 Å². The zero-order chi connectivity index (χ0) is 25.0. The molecule has 2 aromatic heterocycles. The number of benzene rings is 1. The molecule has 34 heavy (non-hydrogen) atoms. The Balaban J connectivity index is 2.19. The fourth-order valence-electron chi connectivity index (χ4n) is 3.56. The van der Waals surface area contributed by atoms with Crippen molar-refractivity contribution in [2.24, 2.45) is 5.73 Å². The molecule has 1 aromatic carbocycles. The number of rotatable bonds is 9. The lowest BCUT2D eigenvalue weighted by Gasteiger charge is -2.30. The van der Waals surface area contributed by atoms with Gasteiger partial charge in [0.05, 0.1) is 12.3 Å². The molecule has 0 spiro atoms. The first-order valence-electron chi connectivity index (χ1n) is 10.4. The number of aromatic nitrogens is 1. The smallest absolute Gasteiger partial charge is 0.273 e. The van der Waals surface area contributed by atoms with E-state index in [2.05, 4.69) is 9.69 Å². The topological polar surface area (TPSA) is 154 Å². The van der Waals surface area contributed by atoms with E-state index in [0.717, 1.165) is 22.7 Å². The van der Waals surface area contributed by atoms with Crippen molar-refractivity contribution in [3.63, 3.8) is 0 Å². The molecule has 0 bridgehead atoms. The summed E-state index contributed by atoms with van der Waals surface area (Å²) >= 11 is 0.746. The lowest BCUT2D eigenvalue weighted by Crippen LogP contribution is -2.44. The third-order valence-corrected chi connectivity index (χ3v) is 5.85. The number of nitrogens with one attached hydrogen (secondary N) is 1. The van der Waals surface area contributed by atoms with Crippen LogP contribution < -0.4 is 21.7 Å². The number of anilines is 2. The van der Waals surface area contributed by atoms with Crippen molar-refractivity contribution in [1.29, 1.82) is 0 Å². The van der Waals surface area contributed by atoms with Crippen LogP contribution in [0.2, 0.25) is 0 Å². The molecule has 10 nitrogen and oxygen atoms in total. The maximum atomic E-state index is 13.9. The van der Waals surface area contributed by atoms with Crippen LogP contribution in [0.3, 0.4) is 0 Å². The second-order valence-corrected chi connectivity index (χ2v) is 8.57. The van der Waals surface area contributed by atoms with Crippen molar-refractivity contribution in [2.75, 3.05) is 30.9 Å². The standard InChI is InChI=1S/C23H27N5O5S/c1-12-9-13(2)11-15(10-12)28(23(31)20-17(24)18(21(25)29)27-34-20)19(16-6-5-14(3)33-16)22(30)26-7-8-32-4/h5-6,9-11,19H,7-8,24H2,1-4H3,(H2,25,29)(H,26,30)/t19-/m1/s1. The third-order valence-electron chi connectivity index (χ3n) is 5.00. The van der Waals surface area contributed by atoms with Gasteiger partial charge in [-0.1, -0.05) is 6.07 Å². The van der Waals surface area contributed by atoms with Gasteiger partial charge < -0.3 is 25.9 Å². The Bertz CT molecular complexity index is 1200. The van der Waals surface area contributed by atoms with Gasteiger partial charge >= 0.3 is 0 Å². The van der Waals surface area contributed by atoms with Crippen LogP contribution in [-0.2, 0) is 9.53 Å². The Labute approximate surface area is 201 Å². The molecule has 0 radical (unpaired) electrons. The van der Waals surface area contributed by atoms with E-state index in [4.69, 9.17) is 20.6 Å². The van der Waals surface area contributed by atoms with E-state index in [1.54, 1.807) is 31.2 Å². The Hall–Kier alpha value is -3.70. The highest BCUT2D eigenvalue weighted by molar-refractivity contribution is 7.09. The lowest BCUT2D eigenvalue weighted by molar-refractivity contribution is -0.123. The van der Waals surface area contributed by atoms with E-state index in [1.165, 1.54) is 12.0 Å². The highest BCUT2D eigenvalue weighted by atomic mass is 32.1. The van der Waals surface area contributed by atoms with Crippen molar-refractivity contribution in [3.05, 3.63) is 63.6 Å². The Morgan fingerprint density at radius 1 is 1.18 bits per heavy atom. The number of aryl methyl sites for hydroxylation is 3. The van der Waals surface area contributed by atoms with Crippen LogP contribution in [0.5, 0.6) is 0 Å². The number of methoxy groups -OCH3 is 1. The number of furan rings is 1. The number of nitrogens with zero attached hydrogens (tertiary/aromatic N) is 2. The molecule has 0 aliphatic carbocycles. The average Bonchev–Trinajstić information content (AvgIpc) is 3.36. The maximum Gasteiger partial charge on any atom is 0.273 e. The zero-order valence-corrected chi connectivity index (χ0v) is 20.2. The van der Waals surface area contributed by atoms with Crippen LogP contribution in [0, 0.1) is 20.8 Å². The number of hydrogen-bond donors (Lipinski definition) is 3. The number of nitrogen functional groups attached to an aromatic ring is 1. The predicted molar refractivity (Wildman–Crippen MR) is 129 cm³/mol. The molecule has 0 aliphatic rings. The summed E-state index contributed by atoms with van der Waals surface area (Å²) < 4.78 is 14.8. The largest absolute Gasteiger partial charge is 0.464 e. The van der Waals surface area contributed by atoms with E-state index in [9.17, 15) is 14.4 Å². The minimum absolute atomic E-state index is 0.00840. The van der Waals surface area contributed by atoms with Gasteiger partial charge in [0.25, 0.3) is 17.7 Å². The number of hydrogen-bond acceptors (Lipinski definition) is 8. The van der Waals surface area contributed by atoms with Crippen LogP contribution in [0.25, 0.3) is 0 Å². The second-order valence-electron chi connectivity index (χ2n) is 7.79. The summed E-state index contributed by atoms with van der Waals surface area (Å²) in [6, 6.07) is 7.69. The monoisotopic (exact) mass is 485 g/mol. The summed E-state index contributed by atoms with van der Waals surface area (Å²) in [6.07, 6.45) is 0. The SMILES string of the molecule is COCCNC(=O)[C@@H](c1ccc(C)o1)N(C(=O)c1snc(C(N)=O)c1N)c1cc(C)cc(C)c1. The van der Waals surface area contributed by atoms with Crippen LogP contribution in [0.15, 0.2) is 34.7 Å². The summed E-state index contributed by atoms with van der Waals surface area (Å²) in [5.74, 6) is -1.10. The summed E-state index contributed by atoms with van der Waals surface area (Å²) in [5, 5.41) is 2.78. The maximum absolute atomic E-state index is 13.9. The van der Waals surface area contributed by atoms with Gasteiger partial charge in [-0.15, -0.1) is 0 Å². The number of amides is 3. The van der Waals surface area contributed by atoms with Crippen molar-refractivity contribution in [2.45, 2.75) is 26.8 Å². The molecule has 3 aromatic rings. The normalized spacial score (nSPS) is 11.8. The quantitative estimate of drug-likeness (QED) is 0.393. The fraction of sp³-hybridized carbons (Fsp3) is 0.304. The van der Waals surface area contributed by atoms with E-state index < -0.39 is 23.8 Å². The van der Waals surface area contributed by atoms with Crippen LogP contribution in [-0.4, -0.2) is 42.4 Å². The molecule has 0 aliphatic heterocycles. The first kappa shape index (κ1) is 24.9. The van der Waals surface area contributed by atoms with Gasteiger partial charge in [-0.2, -0.15) is 4.37 Å². The molecular weight excluding hydrogens is 458 g/mol. The molecule has 1 atom stereocenters. The minimum Gasteiger partial charge on any atom is -0.464 e. The minimum atomic E-state index is -1.17. The highest BCUT2D eigenvalue weighted by Gasteiger charge is 2.37. The summed E-state index contributed by atoms with van der Waals surface area (Å²) in [4.78, 5) is 40.3. The molecule has 0 unspecified atom stereocenters. The first-order chi connectivity index (χ1) is 16.1. The van der Waals surface area contributed by atoms with Crippen molar-refractivity contribution in [3.8, 4) is 0 Å². The summed E-state index contributed by atoms with van der Waals surface area (Å²) in [5.41, 5.74) is 13.3. The number of ether oxygens (including phenoxy) is 1. The van der Waals surface area contributed by atoms with Gasteiger partial charge in [-0.25, -0.2) is 0 Å². The molecule has 0 fully saturated rings. The highest BCUT2D eigenvalue weighted by Crippen LogP contribution is 2.34. The van der Waals surface area contributed by atoms with E-state index in [-0.39, 0.29) is 35.2 Å². The fourth-order valence-corrected chi connectivity index (χ4v) is 4.30. The Kier molecular flexibility index (Phi) is 7.69. The molecule has 11 heteroatoms. The number of nitrogens with two attached hydrogens (primary N) is 2. The average molecular weight is 486 g/mol. The van der Waals surface area contributed by atoms with Crippen LogP contribution >= 0.6 is 11.5 Å². The third kappa shape index (κ3) is 5.26. The molecule has 5 N–H and O–H groups in total. The summed E-state index contributed by atoms with van der Waals surface area (Å²) in [6.45, 7) is 6.03. The second kappa shape index (κ2) is 10.5. The van der Waals surface area contributed by atoms with Crippen LogP contribution in [0.4, 0.5) is 11.4 Å². The molecule has 0 saturated heterocycles. The molecule has 2 heterocycles. The number of carbonyl (C=O) groups excluding carboxylic acids is 3. The predicted octanol–water partition coefficient (Wildman–Crippen LogP) is 2.49. The van der Waals surface area contributed by atoms with Gasteiger partial charge in [0.1, 0.15) is 16.4 Å². The van der Waals surface area contributed by atoms with Crippen molar-refractivity contribution in [1.82, 2.24) is 9.69 Å². The summed E-state index contributed by atoms with van der Waals surface area (Å²) in [7, 11) is 1.52.